The Hall–Kier alpha value is -1.91. The Morgan fingerprint density at radius 1 is 1.24 bits per heavy atom. The van der Waals surface area contributed by atoms with E-state index in [9.17, 15) is 9.59 Å². The fourth-order valence-electron chi connectivity index (χ4n) is 3.99. The number of fused-ring (bicyclic) bond motifs is 1. The Morgan fingerprint density at radius 2 is 2.00 bits per heavy atom. The summed E-state index contributed by atoms with van der Waals surface area (Å²) in [4.78, 5) is 29.5. The highest BCUT2D eigenvalue weighted by atomic mass is 16.4. The summed E-state index contributed by atoms with van der Waals surface area (Å²) < 4.78 is 0. The molecule has 2 heterocycles. The lowest BCUT2D eigenvalue weighted by molar-refractivity contribution is -0.139. The largest absolute Gasteiger partial charge is 0.481 e. The first kappa shape index (κ1) is 12.8. The van der Waals surface area contributed by atoms with E-state index >= 15 is 0 Å². The first-order chi connectivity index (χ1) is 10.2. The summed E-state index contributed by atoms with van der Waals surface area (Å²) in [5, 5.41) is 9.11. The fraction of sp³-hybridized carbons (Fsp3) is 0.562. The topological polar surface area (TPSA) is 70.5 Å². The monoisotopic (exact) mass is 286 g/mol. The van der Waals surface area contributed by atoms with E-state index < -0.39 is 5.97 Å². The van der Waals surface area contributed by atoms with Gasteiger partial charge in [-0.05, 0) is 48.3 Å². The molecule has 1 aromatic heterocycles. The number of piperidine rings is 1. The maximum atomic E-state index is 12.5. The third-order valence-electron chi connectivity index (χ3n) is 5.33. The van der Waals surface area contributed by atoms with Gasteiger partial charge in [-0.15, -0.1) is 0 Å². The van der Waals surface area contributed by atoms with Crippen LogP contribution < -0.4 is 0 Å². The number of pyridine rings is 1. The van der Waals surface area contributed by atoms with Crippen molar-refractivity contribution in [2.45, 2.75) is 18.8 Å². The van der Waals surface area contributed by atoms with Crippen molar-refractivity contribution in [1.29, 1.82) is 0 Å². The normalized spacial score (nSPS) is 36.8. The van der Waals surface area contributed by atoms with E-state index in [4.69, 9.17) is 5.11 Å². The van der Waals surface area contributed by atoms with Crippen LogP contribution in [-0.4, -0.2) is 40.0 Å². The van der Waals surface area contributed by atoms with E-state index in [2.05, 4.69) is 4.98 Å². The molecule has 3 aliphatic rings. The van der Waals surface area contributed by atoms with Crippen molar-refractivity contribution in [3.8, 4) is 0 Å². The van der Waals surface area contributed by atoms with Crippen LogP contribution in [0, 0.1) is 23.7 Å². The highest BCUT2D eigenvalue weighted by Gasteiger charge is 2.58. The Labute approximate surface area is 123 Å². The van der Waals surface area contributed by atoms with Crippen molar-refractivity contribution in [2.24, 2.45) is 23.7 Å². The van der Waals surface area contributed by atoms with Gasteiger partial charge in [0.2, 0.25) is 5.91 Å². The van der Waals surface area contributed by atoms with Crippen molar-refractivity contribution >= 4 is 11.9 Å². The summed E-state index contributed by atoms with van der Waals surface area (Å²) in [5.41, 5.74) is 1.19. The van der Waals surface area contributed by atoms with Crippen molar-refractivity contribution in [3.05, 3.63) is 30.1 Å². The van der Waals surface area contributed by atoms with Crippen LogP contribution >= 0.6 is 0 Å². The van der Waals surface area contributed by atoms with Gasteiger partial charge in [-0.3, -0.25) is 14.6 Å². The number of aromatic nitrogens is 1. The molecule has 1 aliphatic heterocycles. The van der Waals surface area contributed by atoms with Crippen LogP contribution in [-0.2, 0) is 9.59 Å². The summed E-state index contributed by atoms with van der Waals surface area (Å²) in [5.74, 6) is 0.225. The van der Waals surface area contributed by atoms with Crippen LogP contribution in [0.1, 0.15) is 24.3 Å². The quantitative estimate of drug-likeness (QED) is 0.911. The average molecular weight is 286 g/mol. The molecule has 110 valence electrons. The summed E-state index contributed by atoms with van der Waals surface area (Å²) in [6, 6.07) is 3.96. The highest BCUT2D eigenvalue weighted by molar-refractivity contribution is 5.83. The van der Waals surface area contributed by atoms with Gasteiger partial charge >= 0.3 is 5.97 Å². The number of carbonyl (C=O) groups excluding carboxylic acids is 1. The molecule has 2 saturated carbocycles. The van der Waals surface area contributed by atoms with Crippen LogP contribution in [0.5, 0.6) is 0 Å². The molecule has 5 heteroatoms. The van der Waals surface area contributed by atoms with E-state index in [0.29, 0.717) is 18.4 Å². The van der Waals surface area contributed by atoms with Gasteiger partial charge in [0.05, 0.1) is 5.92 Å². The van der Waals surface area contributed by atoms with E-state index in [1.165, 1.54) is 5.56 Å². The lowest BCUT2D eigenvalue weighted by Crippen LogP contribution is -2.38. The Bertz CT molecular complexity index is 588. The zero-order valence-electron chi connectivity index (χ0n) is 11.7. The third-order valence-corrected chi connectivity index (χ3v) is 5.33. The smallest absolute Gasteiger partial charge is 0.307 e. The average Bonchev–Trinajstić information content (AvgIpc) is 3.39. The molecule has 2 aliphatic carbocycles. The molecule has 0 bridgehead atoms. The number of rotatable bonds is 3. The maximum Gasteiger partial charge on any atom is 0.307 e. The van der Waals surface area contributed by atoms with Crippen molar-refractivity contribution in [3.63, 3.8) is 0 Å². The number of amides is 1. The van der Waals surface area contributed by atoms with Crippen LogP contribution in [0.4, 0.5) is 0 Å². The van der Waals surface area contributed by atoms with Crippen LogP contribution in [0.25, 0.3) is 0 Å². The SMILES string of the molecule is O=C(O)[C@@H]1[C@@H]2CCN(C(=O)[C@@H]3C[C@H]3c3ccncc3)C[C@@H]21. The molecular formula is C16H18N2O3. The lowest BCUT2D eigenvalue weighted by atomic mass is 10.1. The van der Waals surface area contributed by atoms with Gasteiger partial charge in [-0.25, -0.2) is 0 Å². The van der Waals surface area contributed by atoms with Crippen LogP contribution in [0.3, 0.4) is 0 Å². The van der Waals surface area contributed by atoms with Gasteiger partial charge in [-0.2, -0.15) is 0 Å². The molecule has 1 amide bonds. The van der Waals surface area contributed by atoms with Crippen LogP contribution in [0.15, 0.2) is 24.5 Å². The second-order valence-electron chi connectivity index (χ2n) is 6.49. The lowest BCUT2D eigenvalue weighted by Gasteiger charge is -2.26. The molecular weight excluding hydrogens is 268 g/mol. The van der Waals surface area contributed by atoms with Gasteiger partial charge in [0.25, 0.3) is 0 Å². The number of carboxylic acid groups (broad SMARTS) is 1. The van der Waals surface area contributed by atoms with Gasteiger partial charge in [-0.1, -0.05) is 0 Å². The zero-order valence-corrected chi connectivity index (χ0v) is 11.7. The molecule has 5 atom stereocenters. The number of carboxylic acids is 1. The summed E-state index contributed by atoms with van der Waals surface area (Å²) in [7, 11) is 0. The van der Waals surface area contributed by atoms with Gasteiger partial charge in [0.1, 0.15) is 0 Å². The molecule has 5 nitrogen and oxygen atoms in total. The number of hydrogen-bond acceptors (Lipinski definition) is 3. The van der Waals surface area contributed by atoms with Crippen LogP contribution in [0.2, 0.25) is 0 Å². The number of nitrogens with zero attached hydrogens (tertiary/aromatic N) is 2. The molecule has 1 saturated heterocycles. The number of likely N-dealkylation sites (tertiary alicyclic amines) is 1. The molecule has 0 radical (unpaired) electrons. The predicted molar refractivity (Wildman–Crippen MR) is 74.4 cm³/mol. The molecule has 3 fully saturated rings. The number of carbonyl (C=O) groups is 2. The molecule has 0 aromatic carbocycles. The molecule has 1 aromatic rings. The molecule has 0 unspecified atom stereocenters. The third kappa shape index (κ3) is 2.11. The van der Waals surface area contributed by atoms with Gasteiger partial charge < -0.3 is 10.0 Å². The Morgan fingerprint density at radius 3 is 2.71 bits per heavy atom. The molecule has 4 rings (SSSR count). The van der Waals surface area contributed by atoms with Crippen molar-refractivity contribution < 1.29 is 14.7 Å². The first-order valence-electron chi connectivity index (χ1n) is 7.58. The minimum absolute atomic E-state index is 0.0889. The second-order valence-corrected chi connectivity index (χ2v) is 6.49. The zero-order chi connectivity index (χ0) is 14.6. The van der Waals surface area contributed by atoms with Crippen molar-refractivity contribution in [1.82, 2.24) is 9.88 Å². The fourth-order valence-corrected chi connectivity index (χ4v) is 3.99. The number of hydrogen-bond donors (Lipinski definition) is 1. The molecule has 21 heavy (non-hydrogen) atoms. The van der Waals surface area contributed by atoms with E-state index in [1.807, 2.05) is 17.0 Å². The minimum Gasteiger partial charge on any atom is -0.481 e. The van der Waals surface area contributed by atoms with Gasteiger partial charge in [0.15, 0.2) is 0 Å². The first-order valence-corrected chi connectivity index (χ1v) is 7.58. The standard InChI is InChI=1S/C16H18N2O3/c19-15(12-7-11(12)9-1-4-17-5-2-9)18-6-3-10-13(8-18)14(10)16(20)21/h1-2,4-5,10-14H,3,6-8H2,(H,20,21)/t10-,11+,12-,13+,14-/m1/s1. The second kappa shape index (κ2) is 4.55. The summed E-state index contributed by atoms with van der Waals surface area (Å²) in [6.07, 6.45) is 5.29. The van der Waals surface area contributed by atoms with E-state index in [1.54, 1.807) is 12.4 Å². The van der Waals surface area contributed by atoms with Gasteiger partial charge in [0, 0.05) is 31.4 Å². The highest BCUT2D eigenvalue weighted by Crippen LogP contribution is 2.53. The van der Waals surface area contributed by atoms with E-state index in [0.717, 1.165) is 19.4 Å². The Balaban J connectivity index is 1.38. The van der Waals surface area contributed by atoms with Crippen molar-refractivity contribution in [2.75, 3.05) is 13.1 Å². The Kier molecular flexibility index (Phi) is 2.77. The predicted octanol–water partition coefficient (Wildman–Crippen LogP) is 1.36. The van der Waals surface area contributed by atoms with E-state index in [-0.39, 0.29) is 23.7 Å². The molecule has 0 spiro atoms. The summed E-state index contributed by atoms with van der Waals surface area (Å²) in [6.45, 7) is 1.36. The maximum absolute atomic E-state index is 12.5. The number of aliphatic carboxylic acids is 1. The summed E-state index contributed by atoms with van der Waals surface area (Å²) >= 11 is 0. The minimum atomic E-state index is -0.694. The molecule has 1 N–H and O–H groups in total.